The number of Topliss-reactive ketones (excluding diaryl/α,β-unsaturated/α-hetero) is 2. The van der Waals surface area contributed by atoms with E-state index in [0.717, 1.165) is 16.2 Å². The summed E-state index contributed by atoms with van der Waals surface area (Å²) in [5, 5.41) is 22.4. The average Bonchev–Trinajstić information content (AvgIpc) is 1.39. The first-order valence-corrected chi connectivity index (χ1v) is 36.0. The Hall–Kier alpha value is -8.09. The number of fused-ring (bicyclic) bond motifs is 1. The lowest BCUT2D eigenvalue weighted by Crippen LogP contribution is -2.62. The summed E-state index contributed by atoms with van der Waals surface area (Å²) in [7, 11) is 7.10. The number of piperidine rings is 1. The van der Waals surface area contributed by atoms with E-state index in [-0.39, 0.29) is 82.1 Å². The molecule has 2 aromatic carbocycles. The van der Waals surface area contributed by atoms with Crippen LogP contribution in [0.3, 0.4) is 0 Å². The standard InChI is InChI=1S/C75H115N11O14/c1-17-48(8)66-61(88)33-34-63(90)82(14)59(40-47(6)7)62(89)43-54(38-45(2)3)69(94)77-57(73(98)85-35-25-20-26-36-85)44-64(91)80(12)49(9)67(92)76-55(39-46(4)5)71(96)81(13)50(10)68(93)79-65(51(11)87)75(100)86-37-27-32-58(86)74(99)83(15)60(42-53-30-23-19-24-31-53)70(95)78-56(72(97)84(66)16)41-52-28-21-18-22-29-52/h18-19,21-24,28-31,45-51,54-60,65-66,87H,17,20,25-27,32-44H2,1-16H3,(H,76,92)(H,77,94)(H,78,95)(H,79,93)/t48-,49-,50-,51+,54+,55-,56-,57-,58-,59-,60-,65-,66-/m0/s1. The zero-order valence-corrected chi connectivity index (χ0v) is 62.1. The monoisotopic (exact) mass is 1390 g/mol. The van der Waals surface area contributed by atoms with E-state index >= 15 is 14.4 Å². The van der Waals surface area contributed by atoms with E-state index < -0.39 is 161 Å². The van der Waals surface area contributed by atoms with Crippen LogP contribution in [0.2, 0.25) is 0 Å². The second kappa shape index (κ2) is 38.6. The molecule has 0 spiro atoms. The van der Waals surface area contributed by atoms with Crippen LogP contribution in [0.1, 0.15) is 171 Å². The van der Waals surface area contributed by atoms with Crippen molar-refractivity contribution in [3.63, 3.8) is 0 Å². The van der Waals surface area contributed by atoms with Crippen LogP contribution >= 0.6 is 0 Å². The highest BCUT2D eigenvalue weighted by Crippen LogP contribution is 2.27. The molecule has 100 heavy (non-hydrogen) atoms. The third-order valence-corrected chi connectivity index (χ3v) is 20.2. The Morgan fingerprint density at radius 1 is 0.500 bits per heavy atom. The second-order valence-electron chi connectivity index (χ2n) is 29.4. The van der Waals surface area contributed by atoms with Gasteiger partial charge in [0.1, 0.15) is 48.3 Å². The van der Waals surface area contributed by atoms with Crippen molar-refractivity contribution >= 4 is 76.5 Å². The van der Waals surface area contributed by atoms with E-state index in [1.54, 1.807) is 65.6 Å². The Bertz CT molecular complexity index is 3160. The van der Waals surface area contributed by atoms with Crippen molar-refractivity contribution in [3.8, 4) is 0 Å². The van der Waals surface area contributed by atoms with Gasteiger partial charge in [-0.25, -0.2) is 0 Å². The molecular weight excluding hydrogens is 1280 g/mol. The lowest BCUT2D eigenvalue weighted by Gasteiger charge is -2.37. The molecule has 0 saturated carbocycles. The normalized spacial score (nSPS) is 27.0. The molecule has 3 aliphatic heterocycles. The number of amides is 11. The van der Waals surface area contributed by atoms with Gasteiger partial charge in [0.25, 0.3) is 0 Å². The zero-order valence-electron chi connectivity index (χ0n) is 62.1. The molecule has 0 unspecified atom stereocenters. The molecule has 5 rings (SSSR count). The number of nitrogens with one attached hydrogen (secondary N) is 4. The van der Waals surface area contributed by atoms with Gasteiger partial charge in [0.15, 0.2) is 11.6 Å². The minimum atomic E-state index is -1.63. The van der Waals surface area contributed by atoms with Gasteiger partial charge in [-0.15, -0.1) is 0 Å². The molecule has 0 aromatic heterocycles. The van der Waals surface area contributed by atoms with Crippen LogP contribution in [-0.2, 0) is 75.2 Å². The number of nitrogens with zero attached hydrogens (tertiary/aromatic N) is 7. The summed E-state index contributed by atoms with van der Waals surface area (Å²) in [5.74, 6) is -10.3. The van der Waals surface area contributed by atoms with Crippen molar-refractivity contribution in [1.82, 2.24) is 55.6 Å². The van der Waals surface area contributed by atoms with Crippen molar-refractivity contribution in [2.24, 2.45) is 29.6 Å². The number of benzene rings is 2. The number of carbonyl (C=O) groups is 13. The molecule has 25 heteroatoms. The number of hydrogen-bond acceptors (Lipinski definition) is 14. The molecular formula is C75H115N11O14. The van der Waals surface area contributed by atoms with Crippen molar-refractivity contribution in [2.75, 3.05) is 54.9 Å². The van der Waals surface area contributed by atoms with Gasteiger partial charge in [0.05, 0.1) is 24.6 Å². The maximum absolute atomic E-state index is 15.3. The third-order valence-electron chi connectivity index (χ3n) is 20.2. The van der Waals surface area contributed by atoms with Crippen LogP contribution in [0, 0.1) is 29.6 Å². The first-order valence-electron chi connectivity index (χ1n) is 36.0. The summed E-state index contributed by atoms with van der Waals surface area (Å²) in [6.45, 7) is 19.8. The predicted molar refractivity (Wildman–Crippen MR) is 379 cm³/mol. The number of aliphatic hydroxyl groups is 1. The minimum Gasteiger partial charge on any atom is -0.391 e. The van der Waals surface area contributed by atoms with Crippen LogP contribution in [0.5, 0.6) is 0 Å². The molecule has 3 aliphatic rings. The van der Waals surface area contributed by atoms with Crippen LogP contribution in [0.15, 0.2) is 60.7 Å². The maximum Gasteiger partial charge on any atom is 0.248 e. The Labute approximate surface area is 592 Å². The van der Waals surface area contributed by atoms with Gasteiger partial charge < -0.3 is 60.7 Å². The van der Waals surface area contributed by atoms with Crippen molar-refractivity contribution in [1.29, 1.82) is 0 Å². The van der Waals surface area contributed by atoms with Gasteiger partial charge in [-0.2, -0.15) is 0 Å². The van der Waals surface area contributed by atoms with Gasteiger partial charge in [-0.3, -0.25) is 62.3 Å². The maximum atomic E-state index is 15.3. The van der Waals surface area contributed by atoms with Crippen molar-refractivity contribution < 1.29 is 67.4 Å². The zero-order chi connectivity index (χ0) is 74.6. The summed E-state index contributed by atoms with van der Waals surface area (Å²) in [5.41, 5.74) is 1.32. The van der Waals surface area contributed by atoms with Crippen LogP contribution in [-0.4, -0.2) is 237 Å². The quantitative estimate of drug-likeness (QED) is 0.174. The number of rotatable bonds is 14. The number of carbonyl (C=O) groups excluding carboxylic acids is 13. The molecule has 0 radical (unpaired) electrons. The van der Waals surface area contributed by atoms with E-state index in [9.17, 15) is 53.1 Å². The average molecular weight is 1390 g/mol. The molecule has 3 heterocycles. The van der Waals surface area contributed by atoms with E-state index in [1.165, 1.54) is 75.6 Å². The Morgan fingerprint density at radius 2 is 1.04 bits per heavy atom. The van der Waals surface area contributed by atoms with E-state index in [4.69, 9.17) is 0 Å². The number of likely N-dealkylation sites (tertiary alicyclic amines) is 1. The van der Waals surface area contributed by atoms with Gasteiger partial charge in [0, 0.05) is 92.9 Å². The lowest BCUT2D eigenvalue weighted by atomic mass is 9.87. The smallest absolute Gasteiger partial charge is 0.248 e. The summed E-state index contributed by atoms with van der Waals surface area (Å²) < 4.78 is 0. The highest BCUT2D eigenvalue weighted by atomic mass is 16.3. The molecule has 0 bridgehead atoms. The van der Waals surface area contributed by atoms with Gasteiger partial charge in [0.2, 0.25) is 65.0 Å². The van der Waals surface area contributed by atoms with E-state index in [0.29, 0.717) is 49.9 Å². The Kier molecular flexibility index (Phi) is 31.9. The molecule has 0 aliphatic carbocycles. The van der Waals surface area contributed by atoms with Crippen molar-refractivity contribution in [2.45, 2.75) is 239 Å². The minimum absolute atomic E-state index is 0.0351. The molecule has 554 valence electrons. The van der Waals surface area contributed by atoms with Gasteiger partial charge >= 0.3 is 0 Å². The summed E-state index contributed by atoms with van der Waals surface area (Å²) >= 11 is 0. The number of hydrogen-bond donors (Lipinski definition) is 5. The first kappa shape index (κ1) is 82.6. The molecule has 2 aromatic rings. The summed E-state index contributed by atoms with van der Waals surface area (Å²) in [6, 6.07) is 5.05. The number of likely N-dealkylation sites (N-methyl/N-ethyl adjacent to an activating group) is 5. The summed E-state index contributed by atoms with van der Waals surface area (Å²) in [6.07, 6.45) is 0.453. The van der Waals surface area contributed by atoms with E-state index in [2.05, 4.69) is 21.3 Å². The number of ketones is 2. The molecule has 25 nitrogen and oxygen atoms in total. The van der Waals surface area contributed by atoms with Crippen molar-refractivity contribution in [3.05, 3.63) is 71.8 Å². The Morgan fingerprint density at radius 3 is 1.60 bits per heavy atom. The number of aliphatic hydroxyl groups excluding tert-OH is 1. The fourth-order valence-electron chi connectivity index (χ4n) is 13.6. The van der Waals surface area contributed by atoms with Crippen LogP contribution < -0.4 is 21.3 Å². The molecule has 3 fully saturated rings. The molecule has 11 amide bonds. The van der Waals surface area contributed by atoms with Crippen LogP contribution in [0.25, 0.3) is 0 Å². The fraction of sp³-hybridized carbons (Fsp3) is 0.667. The fourth-order valence-corrected chi connectivity index (χ4v) is 13.6. The Balaban J connectivity index is 1.61. The lowest BCUT2D eigenvalue weighted by molar-refractivity contribution is -0.150. The second-order valence-corrected chi connectivity index (χ2v) is 29.4. The third kappa shape index (κ3) is 22.7. The highest BCUT2D eigenvalue weighted by Gasteiger charge is 2.45. The van der Waals surface area contributed by atoms with Crippen LogP contribution in [0.4, 0.5) is 0 Å². The summed E-state index contributed by atoms with van der Waals surface area (Å²) in [4.78, 5) is 201. The largest absolute Gasteiger partial charge is 0.391 e. The van der Waals surface area contributed by atoms with Gasteiger partial charge in [-0.1, -0.05) is 122 Å². The highest BCUT2D eigenvalue weighted by molar-refractivity contribution is 6.00. The SMILES string of the molecule is CC[C@H](C)[C@H]1C(=O)CCC(=O)N(C)[C@@H](CC(C)C)C(=O)C[C@@H](CC(C)C)C(=O)N[C@H](C(=O)N2CCCCC2)CC(=O)N(C)[C@@H](C)C(=O)N[C@@H](CC(C)C)C(=O)N(C)[C@@H](C)C(=O)N[C@@H]([C@@H](C)O)C(=O)N2CCC[C@H]2C(=O)N(C)[C@@H](Cc2ccccc2)C(=O)N[C@@H](Cc2ccccc2)C(=O)N1C. The molecule has 13 atom stereocenters. The predicted octanol–water partition coefficient (Wildman–Crippen LogP) is 4.48. The molecule has 5 N–H and O–H groups in total. The van der Waals surface area contributed by atoms with E-state index in [1.807, 2.05) is 55.4 Å². The van der Waals surface area contributed by atoms with Gasteiger partial charge in [-0.05, 0) is 107 Å². The molecule has 3 saturated heterocycles. The topological polar surface area (TPSA) is 313 Å². The first-order chi connectivity index (χ1) is 47.1.